The normalized spacial score (nSPS) is 21.1. The maximum atomic E-state index is 13.1. The fourth-order valence-electron chi connectivity index (χ4n) is 7.02. The van der Waals surface area contributed by atoms with E-state index < -0.39 is 0 Å². The molecule has 3 heteroatoms. The Labute approximate surface area is 221 Å². The van der Waals surface area contributed by atoms with Gasteiger partial charge in [-0.05, 0) is 103 Å². The van der Waals surface area contributed by atoms with E-state index in [9.17, 15) is 4.79 Å². The quantitative estimate of drug-likeness (QED) is 0.500. The summed E-state index contributed by atoms with van der Waals surface area (Å²) in [4.78, 5) is 15.4. The molecule has 0 unspecified atom stereocenters. The molecular formula is C34H38N2O. The number of nitrogens with one attached hydrogen (secondary N) is 1. The van der Waals surface area contributed by atoms with Gasteiger partial charge in [-0.15, -0.1) is 0 Å². The Morgan fingerprint density at radius 1 is 0.946 bits per heavy atom. The average Bonchev–Trinajstić information content (AvgIpc) is 3.07. The Morgan fingerprint density at radius 2 is 1.65 bits per heavy atom. The summed E-state index contributed by atoms with van der Waals surface area (Å²) in [5.41, 5.74) is 10.6. The SMILES string of the molecule is C=C1C=C(N2CCC3(CC=C(Cc4ccccc4CC)c4ccccc43)CC2)NC(=O)C2=C1CCCC2. The first kappa shape index (κ1) is 24.0. The molecule has 2 aromatic carbocycles. The molecule has 0 radical (unpaired) electrons. The monoisotopic (exact) mass is 490 g/mol. The predicted molar refractivity (Wildman–Crippen MR) is 152 cm³/mol. The summed E-state index contributed by atoms with van der Waals surface area (Å²) < 4.78 is 0. The Hall–Kier alpha value is -3.33. The zero-order valence-corrected chi connectivity index (χ0v) is 22.1. The lowest BCUT2D eigenvalue weighted by molar-refractivity contribution is -0.117. The van der Waals surface area contributed by atoms with E-state index in [2.05, 4.69) is 84.4 Å². The molecule has 37 heavy (non-hydrogen) atoms. The lowest BCUT2D eigenvalue weighted by Crippen LogP contribution is -2.46. The Bertz CT molecular complexity index is 1330. The number of hydrogen-bond acceptors (Lipinski definition) is 2. The number of rotatable bonds is 4. The van der Waals surface area contributed by atoms with Crippen molar-refractivity contribution in [1.82, 2.24) is 10.2 Å². The van der Waals surface area contributed by atoms with Crippen molar-refractivity contribution in [2.75, 3.05) is 13.1 Å². The van der Waals surface area contributed by atoms with E-state index in [1.165, 1.54) is 33.4 Å². The van der Waals surface area contributed by atoms with E-state index in [1.807, 2.05) is 0 Å². The molecule has 2 aliphatic heterocycles. The zero-order valence-electron chi connectivity index (χ0n) is 22.1. The standard InChI is InChI=1S/C34H38N2O/c1-3-25-10-4-5-11-26(25)23-27-16-17-34(31-15-9-8-13-29(27)31)18-20-36(21-19-34)32-22-24(2)28-12-6-7-14-30(28)33(37)35-32/h4-5,8-11,13,15-16,22H,2-3,6-7,12,14,17-21,23H2,1H3,(H,35,37). The molecule has 1 saturated heterocycles. The van der Waals surface area contributed by atoms with Crippen molar-refractivity contribution < 1.29 is 4.79 Å². The minimum atomic E-state index is 0.0860. The molecule has 1 N–H and O–H groups in total. The molecule has 0 aromatic heterocycles. The van der Waals surface area contributed by atoms with E-state index in [0.717, 1.165) is 87.8 Å². The second kappa shape index (κ2) is 9.85. The molecule has 4 aliphatic rings. The fourth-order valence-corrected chi connectivity index (χ4v) is 7.02. The van der Waals surface area contributed by atoms with Crippen molar-refractivity contribution in [3.05, 3.63) is 112 Å². The Balaban J connectivity index is 1.22. The summed E-state index contributed by atoms with van der Waals surface area (Å²) in [5.74, 6) is 1.03. The minimum absolute atomic E-state index is 0.0860. The predicted octanol–water partition coefficient (Wildman–Crippen LogP) is 7.01. The highest BCUT2D eigenvalue weighted by molar-refractivity contribution is 5.97. The Kier molecular flexibility index (Phi) is 6.40. The van der Waals surface area contributed by atoms with Crippen LogP contribution in [0.25, 0.3) is 5.57 Å². The highest BCUT2D eigenvalue weighted by Gasteiger charge is 2.40. The van der Waals surface area contributed by atoms with Crippen LogP contribution in [0.5, 0.6) is 0 Å². The number of nitrogens with zero attached hydrogens (tertiary/aromatic N) is 1. The van der Waals surface area contributed by atoms with Crippen molar-refractivity contribution in [3.8, 4) is 0 Å². The van der Waals surface area contributed by atoms with Gasteiger partial charge in [0, 0.05) is 24.1 Å². The van der Waals surface area contributed by atoms with Gasteiger partial charge in [0.2, 0.25) is 0 Å². The van der Waals surface area contributed by atoms with Gasteiger partial charge in [-0.25, -0.2) is 0 Å². The molecule has 6 rings (SSSR count). The molecule has 2 heterocycles. The van der Waals surface area contributed by atoms with E-state index in [4.69, 9.17) is 0 Å². The topological polar surface area (TPSA) is 32.3 Å². The number of amides is 1. The van der Waals surface area contributed by atoms with Crippen LogP contribution in [0.3, 0.4) is 0 Å². The molecule has 1 fully saturated rings. The smallest absolute Gasteiger partial charge is 0.252 e. The van der Waals surface area contributed by atoms with Crippen LogP contribution in [0, 0.1) is 0 Å². The van der Waals surface area contributed by atoms with E-state index in [1.54, 1.807) is 0 Å². The van der Waals surface area contributed by atoms with Gasteiger partial charge in [0.15, 0.2) is 0 Å². The van der Waals surface area contributed by atoms with Crippen molar-refractivity contribution in [1.29, 1.82) is 0 Å². The van der Waals surface area contributed by atoms with Gasteiger partial charge in [0.1, 0.15) is 5.82 Å². The molecular weight excluding hydrogens is 452 g/mol. The number of benzene rings is 2. The second-order valence-corrected chi connectivity index (χ2v) is 11.2. The Morgan fingerprint density at radius 3 is 2.43 bits per heavy atom. The molecule has 190 valence electrons. The van der Waals surface area contributed by atoms with E-state index in [0.29, 0.717) is 0 Å². The third-order valence-corrected chi connectivity index (χ3v) is 9.21. The summed E-state index contributed by atoms with van der Waals surface area (Å²) in [6.45, 7) is 8.48. The summed E-state index contributed by atoms with van der Waals surface area (Å²) in [6, 6.07) is 18.0. The van der Waals surface area contributed by atoms with Crippen LogP contribution in [0.15, 0.2) is 89.8 Å². The molecule has 1 amide bonds. The summed E-state index contributed by atoms with van der Waals surface area (Å²) in [7, 11) is 0. The third-order valence-electron chi connectivity index (χ3n) is 9.21. The van der Waals surface area contributed by atoms with Crippen LogP contribution in [-0.2, 0) is 23.1 Å². The molecule has 0 saturated carbocycles. The second-order valence-electron chi connectivity index (χ2n) is 11.2. The van der Waals surface area contributed by atoms with Gasteiger partial charge in [-0.3, -0.25) is 4.79 Å². The number of fused-ring (bicyclic) bond motifs is 2. The number of carbonyl (C=O) groups excluding carboxylic acids is 1. The van der Waals surface area contributed by atoms with E-state index in [-0.39, 0.29) is 11.3 Å². The zero-order chi connectivity index (χ0) is 25.4. The van der Waals surface area contributed by atoms with Gasteiger partial charge in [-0.1, -0.05) is 68.1 Å². The van der Waals surface area contributed by atoms with Crippen LogP contribution in [-0.4, -0.2) is 23.9 Å². The van der Waals surface area contributed by atoms with Crippen LogP contribution in [0.4, 0.5) is 0 Å². The fraction of sp³-hybridized carbons (Fsp3) is 0.382. The summed E-state index contributed by atoms with van der Waals surface area (Å²) in [6.07, 6.45) is 14.1. The van der Waals surface area contributed by atoms with Crippen molar-refractivity contribution in [3.63, 3.8) is 0 Å². The van der Waals surface area contributed by atoms with Crippen LogP contribution in [0.1, 0.15) is 74.1 Å². The molecule has 2 aliphatic carbocycles. The lowest BCUT2D eigenvalue weighted by Gasteiger charge is -2.46. The van der Waals surface area contributed by atoms with Crippen molar-refractivity contribution >= 4 is 11.5 Å². The number of allylic oxidation sites excluding steroid dienone is 5. The van der Waals surface area contributed by atoms with Crippen LogP contribution >= 0.6 is 0 Å². The maximum absolute atomic E-state index is 13.1. The summed E-state index contributed by atoms with van der Waals surface area (Å²) >= 11 is 0. The highest BCUT2D eigenvalue weighted by atomic mass is 16.1. The molecule has 0 atom stereocenters. The van der Waals surface area contributed by atoms with E-state index >= 15 is 0 Å². The minimum Gasteiger partial charge on any atom is -0.358 e. The molecule has 1 spiro atoms. The maximum Gasteiger partial charge on any atom is 0.252 e. The third kappa shape index (κ3) is 4.39. The number of aryl methyl sites for hydroxylation is 1. The van der Waals surface area contributed by atoms with Gasteiger partial charge in [0.05, 0.1) is 0 Å². The first-order chi connectivity index (χ1) is 18.1. The number of likely N-dealkylation sites (tertiary alicyclic amines) is 1. The lowest BCUT2D eigenvalue weighted by atomic mass is 9.65. The number of carbonyl (C=O) groups is 1. The first-order valence-corrected chi connectivity index (χ1v) is 14.1. The molecule has 0 bridgehead atoms. The van der Waals surface area contributed by atoms with Crippen LogP contribution in [0.2, 0.25) is 0 Å². The summed E-state index contributed by atoms with van der Waals surface area (Å²) in [5, 5.41) is 3.25. The van der Waals surface area contributed by atoms with Crippen molar-refractivity contribution in [2.45, 2.75) is 70.1 Å². The van der Waals surface area contributed by atoms with Crippen molar-refractivity contribution in [2.24, 2.45) is 0 Å². The van der Waals surface area contributed by atoms with Gasteiger partial charge >= 0.3 is 0 Å². The molecule has 2 aromatic rings. The largest absolute Gasteiger partial charge is 0.358 e. The average molecular weight is 491 g/mol. The van der Waals surface area contributed by atoms with Crippen LogP contribution < -0.4 is 5.32 Å². The number of piperidine rings is 1. The van der Waals surface area contributed by atoms with Gasteiger partial charge in [-0.2, -0.15) is 0 Å². The first-order valence-electron chi connectivity index (χ1n) is 14.1. The molecule has 3 nitrogen and oxygen atoms in total. The van der Waals surface area contributed by atoms with Gasteiger partial charge < -0.3 is 10.2 Å². The number of hydrogen-bond donors (Lipinski definition) is 1. The highest BCUT2D eigenvalue weighted by Crippen LogP contribution is 2.47. The van der Waals surface area contributed by atoms with Gasteiger partial charge in [0.25, 0.3) is 5.91 Å².